The second-order valence-electron chi connectivity index (χ2n) is 9.72. The predicted molar refractivity (Wildman–Crippen MR) is 125 cm³/mol. The Kier molecular flexibility index (Phi) is 7.83. The molecule has 1 N–H and O–H groups in total. The van der Waals surface area contributed by atoms with Gasteiger partial charge in [-0.2, -0.15) is 5.10 Å². The van der Waals surface area contributed by atoms with Gasteiger partial charge >= 0.3 is 0 Å². The fourth-order valence-electron chi connectivity index (χ4n) is 3.80. The Morgan fingerprint density at radius 1 is 0.967 bits per heavy atom. The molecule has 30 heavy (non-hydrogen) atoms. The number of amides is 1. The van der Waals surface area contributed by atoms with E-state index in [0.29, 0.717) is 5.75 Å². The summed E-state index contributed by atoms with van der Waals surface area (Å²) in [5.41, 5.74) is 7.19. The van der Waals surface area contributed by atoms with Gasteiger partial charge in [-0.25, -0.2) is 5.43 Å². The van der Waals surface area contributed by atoms with Gasteiger partial charge in [0.15, 0.2) is 6.61 Å². The molecule has 4 heteroatoms. The Balaban J connectivity index is 1.88. The molecule has 2 rings (SSSR count). The van der Waals surface area contributed by atoms with Gasteiger partial charge in [0.25, 0.3) is 5.91 Å². The first-order valence-electron chi connectivity index (χ1n) is 10.7. The van der Waals surface area contributed by atoms with E-state index in [9.17, 15) is 4.79 Å². The number of carbonyl (C=O) groups excluding carboxylic acids is 1. The van der Waals surface area contributed by atoms with E-state index in [1.165, 1.54) is 11.1 Å². The first-order chi connectivity index (χ1) is 14.0. The van der Waals surface area contributed by atoms with Crippen molar-refractivity contribution in [2.75, 3.05) is 6.61 Å². The molecule has 0 aromatic heterocycles. The molecule has 0 aliphatic heterocycles. The van der Waals surface area contributed by atoms with E-state index in [1.807, 2.05) is 31.2 Å². The molecular formula is C26H36N2O2. The Hall–Kier alpha value is -2.62. The molecule has 1 amide bonds. The molecule has 2 aromatic carbocycles. The van der Waals surface area contributed by atoms with E-state index in [2.05, 4.69) is 76.3 Å². The number of nitrogens with zero attached hydrogens (tertiary/aromatic N) is 1. The molecule has 0 aliphatic carbocycles. The molecule has 0 unspecified atom stereocenters. The molecule has 0 atom stereocenters. The van der Waals surface area contributed by atoms with Crippen LogP contribution in [0.2, 0.25) is 0 Å². The largest absolute Gasteiger partial charge is 0.484 e. The first kappa shape index (κ1) is 23.7. The van der Waals surface area contributed by atoms with Crippen LogP contribution in [0.1, 0.15) is 71.6 Å². The minimum absolute atomic E-state index is 0.0731. The van der Waals surface area contributed by atoms with E-state index < -0.39 is 0 Å². The summed E-state index contributed by atoms with van der Waals surface area (Å²) in [7, 11) is 0. The summed E-state index contributed by atoms with van der Waals surface area (Å²) < 4.78 is 5.62. The standard InChI is InChI=1S/C26H36N2O2/c1-8-20-9-11-21(12-10-20)19(2)27-28-24(29)17-30-23-15-13-22(14-16-23)26(6,7)18-25(3,4)5/h9-16H,8,17-18H2,1-7H3,(H,28,29)/b27-19+. The van der Waals surface area contributed by atoms with Crippen molar-refractivity contribution < 1.29 is 9.53 Å². The second-order valence-corrected chi connectivity index (χ2v) is 9.72. The normalized spacial score (nSPS) is 12.6. The van der Waals surface area contributed by atoms with E-state index in [1.54, 1.807) is 0 Å². The Morgan fingerprint density at radius 3 is 2.10 bits per heavy atom. The average molecular weight is 409 g/mol. The number of rotatable bonds is 8. The molecule has 0 fully saturated rings. The zero-order valence-corrected chi connectivity index (χ0v) is 19.5. The molecule has 0 spiro atoms. The quantitative estimate of drug-likeness (QED) is 0.438. The highest BCUT2D eigenvalue weighted by atomic mass is 16.5. The summed E-state index contributed by atoms with van der Waals surface area (Å²) in [5.74, 6) is 0.396. The van der Waals surface area contributed by atoms with Crippen LogP contribution in [0.4, 0.5) is 0 Å². The van der Waals surface area contributed by atoms with Crippen LogP contribution in [0.3, 0.4) is 0 Å². The van der Waals surface area contributed by atoms with Crippen LogP contribution < -0.4 is 10.2 Å². The Bertz CT molecular complexity index is 857. The fraction of sp³-hybridized carbons (Fsp3) is 0.462. The molecule has 0 saturated carbocycles. The van der Waals surface area contributed by atoms with E-state index in [0.717, 1.165) is 24.1 Å². The van der Waals surface area contributed by atoms with Gasteiger partial charge in [0.1, 0.15) is 5.75 Å². The van der Waals surface area contributed by atoms with Crippen molar-refractivity contribution in [2.45, 2.75) is 66.7 Å². The van der Waals surface area contributed by atoms with Gasteiger partial charge in [-0.05, 0) is 59.4 Å². The number of hydrogen-bond acceptors (Lipinski definition) is 3. The molecule has 162 valence electrons. The maximum atomic E-state index is 12.1. The molecule has 0 bridgehead atoms. The van der Waals surface area contributed by atoms with Gasteiger partial charge in [0.2, 0.25) is 0 Å². The van der Waals surface area contributed by atoms with E-state index in [-0.39, 0.29) is 23.3 Å². The predicted octanol–water partition coefficient (Wildman–Crippen LogP) is 5.88. The van der Waals surface area contributed by atoms with Crippen molar-refractivity contribution in [3.05, 3.63) is 65.2 Å². The lowest BCUT2D eigenvalue weighted by atomic mass is 9.72. The summed E-state index contributed by atoms with van der Waals surface area (Å²) in [6.45, 7) is 15.2. The highest BCUT2D eigenvalue weighted by molar-refractivity contribution is 5.99. The maximum absolute atomic E-state index is 12.1. The number of benzene rings is 2. The van der Waals surface area contributed by atoms with Crippen LogP contribution in [-0.2, 0) is 16.6 Å². The average Bonchev–Trinajstić information content (AvgIpc) is 2.69. The first-order valence-corrected chi connectivity index (χ1v) is 10.7. The number of aryl methyl sites for hydroxylation is 1. The number of carbonyl (C=O) groups is 1. The second kappa shape index (κ2) is 9.92. The summed E-state index contributed by atoms with van der Waals surface area (Å²) >= 11 is 0. The number of nitrogens with one attached hydrogen (secondary N) is 1. The highest BCUT2D eigenvalue weighted by Gasteiger charge is 2.27. The highest BCUT2D eigenvalue weighted by Crippen LogP contribution is 2.36. The van der Waals surface area contributed by atoms with Crippen molar-refractivity contribution in [1.82, 2.24) is 5.43 Å². The lowest BCUT2D eigenvalue weighted by Crippen LogP contribution is -2.26. The number of hydrazone groups is 1. The zero-order chi connectivity index (χ0) is 22.4. The Morgan fingerprint density at radius 2 is 1.57 bits per heavy atom. The molecule has 0 saturated heterocycles. The van der Waals surface area contributed by atoms with Crippen LogP contribution in [0.25, 0.3) is 0 Å². The SMILES string of the molecule is CCc1ccc(/C(C)=N/NC(=O)COc2ccc(C(C)(C)CC(C)(C)C)cc2)cc1. The lowest BCUT2D eigenvalue weighted by Gasteiger charge is -2.33. The molecule has 0 heterocycles. The van der Waals surface area contributed by atoms with Gasteiger partial charge in [0.05, 0.1) is 5.71 Å². The van der Waals surface area contributed by atoms with Gasteiger partial charge in [-0.15, -0.1) is 0 Å². The van der Waals surface area contributed by atoms with Crippen LogP contribution >= 0.6 is 0 Å². The topological polar surface area (TPSA) is 50.7 Å². The molecule has 0 aliphatic rings. The van der Waals surface area contributed by atoms with Crippen molar-refractivity contribution in [3.8, 4) is 5.75 Å². The molecular weight excluding hydrogens is 372 g/mol. The van der Waals surface area contributed by atoms with Crippen LogP contribution in [0, 0.1) is 5.41 Å². The van der Waals surface area contributed by atoms with Gasteiger partial charge < -0.3 is 4.74 Å². The van der Waals surface area contributed by atoms with Crippen LogP contribution in [-0.4, -0.2) is 18.2 Å². The third-order valence-electron chi connectivity index (χ3n) is 5.11. The van der Waals surface area contributed by atoms with Gasteiger partial charge in [0, 0.05) is 0 Å². The number of ether oxygens (including phenoxy) is 1. The summed E-state index contributed by atoms with van der Waals surface area (Å²) in [6.07, 6.45) is 2.08. The van der Waals surface area contributed by atoms with E-state index in [4.69, 9.17) is 4.74 Å². The fourth-order valence-corrected chi connectivity index (χ4v) is 3.80. The molecule has 0 radical (unpaired) electrons. The smallest absolute Gasteiger partial charge is 0.277 e. The summed E-state index contributed by atoms with van der Waals surface area (Å²) in [5, 5.41) is 4.18. The van der Waals surface area contributed by atoms with E-state index >= 15 is 0 Å². The van der Waals surface area contributed by atoms with Crippen LogP contribution in [0.5, 0.6) is 5.75 Å². The maximum Gasteiger partial charge on any atom is 0.277 e. The number of hydrogen-bond donors (Lipinski definition) is 1. The lowest BCUT2D eigenvalue weighted by molar-refractivity contribution is -0.123. The third kappa shape index (κ3) is 7.33. The minimum atomic E-state index is -0.281. The summed E-state index contributed by atoms with van der Waals surface area (Å²) in [4.78, 5) is 12.1. The van der Waals surface area contributed by atoms with Crippen molar-refractivity contribution in [2.24, 2.45) is 10.5 Å². The molecule has 2 aromatic rings. The van der Waals surface area contributed by atoms with Crippen molar-refractivity contribution in [1.29, 1.82) is 0 Å². The van der Waals surface area contributed by atoms with Crippen molar-refractivity contribution >= 4 is 11.6 Å². The van der Waals surface area contributed by atoms with Crippen LogP contribution in [0.15, 0.2) is 53.6 Å². The third-order valence-corrected chi connectivity index (χ3v) is 5.11. The Labute approximate surface area is 181 Å². The van der Waals surface area contributed by atoms with Gasteiger partial charge in [-0.3, -0.25) is 4.79 Å². The minimum Gasteiger partial charge on any atom is -0.484 e. The monoisotopic (exact) mass is 408 g/mol. The van der Waals surface area contributed by atoms with Gasteiger partial charge in [-0.1, -0.05) is 77.9 Å². The summed E-state index contributed by atoms with van der Waals surface area (Å²) in [6, 6.07) is 16.2. The molecule has 4 nitrogen and oxygen atoms in total. The zero-order valence-electron chi connectivity index (χ0n) is 19.5. The van der Waals surface area contributed by atoms with Crippen molar-refractivity contribution in [3.63, 3.8) is 0 Å².